The second-order valence-corrected chi connectivity index (χ2v) is 8.18. The van der Waals surface area contributed by atoms with Gasteiger partial charge in [0.05, 0.1) is 16.1 Å². The monoisotopic (exact) mass is 426 g/mol. The quantitative estimate of drug-likeness (QED) is 0.320. The molecular formula is C21H19ClN4O2S. The molecule has 1 aromatic heterocycles. The summed E-state index contributed by atoms with van der Waals surface area (Å²) in [6.07, 6.45) is 1.60. The Morgan fingerprint density at radius 3 is 2.17 bits per heavy atom. The molecule has 148 valence electrons. The van der Waals surface area contributed by atoms with Gasteiger partial charge in [-0.25, -0.2) is 0 Å². The minimum absolute atomic E-state index is 0.198. The van der Waals surface area contributed by atoms with Crippen LogP contribution in [0, 0.1) is 0 Å². The number of hydrogen-bond acceptors (Lipinski definition) is 5. The molecule has 6 nitrogen and oxygen atoms in total. The Hall–Kier alpha value is -2.64. The molecule has 2 amide bonds. The summed E-state index contributed by atoms with van der Waals surface area (Å²) in [6.45, 7) is 0.427. The van der Waals surface area contributed by atoms with Gasteiger partial charge in [0.2, 0.25) is 0 Å². The fourth-order valence-corrected chi connectivity index (χ4v) is 4.43. The molecule has 1 aliphatic heterocycles. The van der Waals surface area contributed by atoms with Gasteiger partial charge in [-0.15, -0.1) is 10.2 Å². The van der Waals surface area contributed by atoms with Gasteiger partial charge in [0.1, 0.15) is 0 Å². The van der Waals surface area contributed by atoms with Gasteiger partial charge in [0, 0.05) is 24.9 Å². The van der Waals surface area contributed by atoms with E-state index in [9.17, 15) is 9.59 Å². The molecule has 0 bridgehead atoms. The summed E-state index contributed by atoms with van der Waals surface area (Å²) in [5.41, 5.74) is 1.85. The van der Waals surface area contributed by atoms with Crippen LogP contribution in [0.4, 0.5) is 0 Å². The fraction of sp³-hybridized carbons (Fsp3) is 0.238. The molecule has 0 saturated carbocycles. The highest BCUT2D eigenvalue weighted by atomic mass is 35.5. The van der Waals surface area contributed by atoms with Crippen molar-refractivity contribution in [2.45, 2.75) is 18.0 Å². The maximum Gasteiger partial charge on any atom is 0.261 e. The molecule has 0 spiro atoms. The van der Waals surface area contributed by atoms with Crippen molar-refractivity contribution in [1.82, 2.24) is 19.7 Å². The van der Waals surface area contributed by atoms with E-state index in [2.05, 4.69) is 10.2 Å². The first-order valence-electron chi connectivity index (χ1n) is 9.30. The number of benzene rings is 2. The normalized spacial score (nSPS) is 13.2. The van der Waals surface area contributed by atoms with E-state index in [0.717, 1.165) is 35.1 Å². The van der Waals surface area contributed by atoms with Crippen molar-refractivity contribution in [2.75, 3.05) is 12.3 Å². The fourth-order valence-electron chi connectivity index (χ4n) is 3.30. The van der Waals surface area contributed by atoms with E-state index in [1.54, 1.807) is 36.0 Å². The van der Waals surface area contributed by atoms with Gasteiger partial charge in [0.25, 0.3) is 11.8 Å². The van der Waals surface area contributed by atoms with E-state index in [0.29, 0.717) is 22.7 Å². The molecule has 2 heterocycles. The largest absolute Gasteiger partial charge is 0.305 e. The van der Waals surface area contributed by atoms with Crippen LogP contribution in [0.2, 0.25) is 5.02 Å². The number of thioether (sulfide) groups is 1. The van der Waals surface area contributed by atoms with Crippen LogP contribution >= 0.6 is 23.4 Å². The van der Waals surface area contributed by atoms with Crippen molar-refractivity contribution in [1.29, 1.82) is 0 Å². The van der Waals surface area contributed by atoms with Crippen LogP contribution < -0.4 is 0 Å². The number of amides is 2. The zero-order valence-electron chi connectivity index (χ0n) is 15.8. The van der Waals surface area contributed by atoms with E-state index in [1.165, 1.54) is 4.90 Å². The molecule has 0 saturated heterocycles. The molecule has 8 heteroatoms. The Bertz CT molecular complexity index is 1050. The topological polar surface area (TPSA) is 68.1 Å². The zero-order valence-corrected chi connectivity index (χ0v) is 17.4. The summed E-state index contributed by atoms with van der Waals surface area (Å²) in [5, 5.41) is 9.97. The van der Waals surface area contributed by atoms with Gasteiger partial charge in [0.15, 0.2) is 11.0 Å². The van der Waals surface area contributed by atoms with Crippen LogP contribution in [0.5, 0.6) is 0 Å². The lowest BCUT2D eigenvalue weighted by Gasteiger charge is -2.13. The van der Waals surface area contributed by atoms with Crippen molar-refractivity contribution in [3.8, 4) is 11.4 Å². The third-order valence-electron chi connectivity index (χ3n) is 4.84. The number of fused-ring (bicyclic) bond motifs is 1. The smallest absolute Gasteiger partial charge is 0.261 e. The van der Waals surface area contributed by atoms with Crippen molar-refractivity contribution in [3.63, 3.8) is 0 Å². The van der Waals surface area contributed by atoms with Crippen molar-refractivity contribution >= 4 is 35.2 Å². The van der Waals surface area contributed by atoms with Crippen LogP contribution in [-0.4, -0.2) is 43.8 Å². The molecule has 0 aliphatic carbocycles. The van der Waals surface area contributed by atoms with Crippen LogP contribution in [-0.2, 0) is 7.05 Å². The highest BCUT2D eigenvalue weighted by Crippen LogP contribution is 2.28. The summed E-state index contributed by atoms with van der Waals surface area (Å²) < 4.78 is 1.93. The Kier molecular flexibility index (Phi) is 5.69. The minimum Gasteiger partial charge on any atom is -0.305 e. The first kappa shape index (κ1) is 19.7. The third-order valence-corrected chi connectivity index (χ3v) is 6.27. The molecule has 4 rings (SSSR count). The highest BCUT2D eigenvalue weighted by Gasteiger charge is 2.34. The van der Waals surface area contributed by atoms with Gasteiger partial charge in [-0.1, -0.05) is 47.6 Å². The number of rotatable bonds is 7. The molecule has 0 unspecified atom stereocenters. The maximum atomic E-state index is 12.4. The summed E-state index contributed by atoms with van der Waals surface area (Å²) in [4.78, 5) is 26.1. The van der Waals surface area contributed by atoms with Gasteiger partial charge in [-0.3, -0.25) is 14.5 Å². The summed E-state index contributed by atoms with van der Waals surface area (Å²) in [7, 11) is 1.92. The standard InChI is InChI=1S/C21H19ClN4O2S/c1-25-18(16-10-4-5-11-17(16)22)23-24-21(25)29-13-7-6-12-26-19(27)14-8-2-3-9-15(14)20(26)28/h2-5,8-11H,6-7,12-13H2,1H3. The van der Waals surface area contributed by atoms with Crippen LogP contribution in [0.15, 0.2) is 53.7 Å². The predicted molar refractivity (Wildman–Crippen MR) is 113 cm³/mol. The molecule has 0 fully saturated rings. The second-order valence-electron chi connectivity index (χ2n) is 6.71. The lowest BCUT2D eigenvalue weighted by atomic mass is 10.1. The number of imide groups is 1. The molecule has 0 atom stereocenters. The number of carbonyl (C=O) groups excluding carboxylic acids is 2. The summed E-state index contributed by atoms with van der Waals surface area (Å²) in [6, 6.07) is 14.5. The van der Waals surface area contributed by atoms with E-state index in [1.807, 2.05) is 35.9 Å². The maximum absolute atomic E-state index is 12.4. The predicted octanol–water partition coefficient (Wildman–Crippen LogP) is 4.30. The Morgan fingerprint density at radius 2 is 1.52 bits per heavy atom. The lowest BCUT2D eigenvalue weighted by molar-refractivity contribution is 0.0652. The first-order chi connectivity index (χ1) is 14.1. The molecule has 1 aliphatic rings. The SMILES string of the molecule is Cn1c(SCCCCN2C(=O)c3ccccc3C2=O)nnc1-c1ccccc1Cl. The minimum atomic E-state index is -0.198. The van der Waals surface area contributed by atoms with E-state index >= 15 is 0 Å². The van der Waals surface area contributed by atoms with E-state index in [4.69, 9.17) is 11.6 Å². The number of unbranched alkanes of at least 4 members (excludes halogenated alkanes) is 1. The number of aromatic nitrogens is 3. The lowest BCUT2D eigenvalue weighted by Crippen LogP contribution is -2.30. The Labute approximate surface area is 177 Å². The van der Waals surface area contributed by atoms with Crippen LogP contribution in [0.1, 0.15) is 33.6 Å². The average molecular weight is 427 g/mol. The van der Waals surface area contributed by atoms with Gasteiger partial charge < -0.3 is 4.57 Å². The number of halogens is 1. The van der Waals surface area contributed by atoms with Crippen molar-refractivity contribution in [2.24, 2.45) is 7.05 Å². The van der Waals surface area contributed by atoms with Gasteiger partial charge in [-0.05, 0) is 37.1 Å². The summed E-state index contributed by atoms with van der Waals surface area (Å²) in [5.74, 6) is 1.15. The molecule has 2 aromatic carbocycles. The van der Waals surface area contributed by atoms with Gasteiger partial charge in [-0.2, -0.15) is 0 Å². The average Bonchev–Trinajstić information content (AvgIpc) is 3.21. The number of hydrogen-bond donors (Lipinski definition) is 0. The zero-order chi connectivity index (χ0) is 20.4. The van der Waals surface area contributed by atoms with Crippen LogP contribution in [0.25, 0.3) is 11.4 Å². The first-order valence-corrected chi connectivity index (χ1v) is 10.7. The van der Waals surface area contributed by atoms with Gasteiger partial charge >= 0.3 is 0 Å². The third kappa shape index (κ3) is 3.80. The van der Waals surface area contributed by atoms with E-state index in [-0.39, 0.29) is 11.8 Å². The Balaban J connectivity index is 1.30. The Morgan fingerprint density at radius 1 is 0.897 bits per heavy atom. The molecule has 0 N–H and O–H groups in total. The number of nitrogens with zero attached hydrogens (tertiary/aromatic N) is 4. The summed E-state index contributed by atoms with van der Waals surface area (Å²) >= 11 is 7.86. The molecule has 3 aromatic rings. The highest BCUT2D eigenvalue weighted by molar-refractivity contribution is 7.99. The van der Waals surface area contributed by atoms with Crippen LogP contribution in [0.3, 0.4) is 0 Å². The molecule has 0 radical (unpaired) electrons. The second kappa shape index (κ2) is 8.39. The molecule has 29 heavy (non-hydrogen) atoms. The van der Waals surface area contributed by atoms with E-state index < -0.39 is 0 Å². The van der Waals surface area contributed by atoms with Crippen molar-refractivity contribution < 1.29 is 9.59 Å². The molecular weight excluding hydrogens is 408 g/mol. The van der Waals surface area contributed by atoms with Crippen molar-refractivity contribution in [3.05, 3.63) is 64.7 Å². The number of carbonyl (C=O) groups is 2.